The summed E-state index contributed by atoms with van der Waals surface area (Å²) in [5, 5.41) is 0. The van der Waals surface area contributed by atoms with Gasteiger partial charge in [0, 0.05) is 37.3 Å². The summed E-state index contributed by atoms with van der Waals surface area (Å²) in [5.41, 5.74) is 2.73. The first kappa shape index (κ1) is 18.3. The van der Waals surface area contributed by atoms with Gasteiger partial charge < -0.3 is 4.90 Å². The second-order valence-corrected chi connectivity index (χ2v) is 7.13. The van der Waals surface area contributed by atoms with E-state index in [4.69, 9.17) is 0 Å². The molecule has 0 spiro atoms. The number of carbonyl (C=O) groups excluding carboxylic acids is 2. The summed E-state index contributed by atoms with van der Waals surface area (Å²) in [6.45, 7) is 7.48. The molecule has 136 valence electrons. The highest BCUT2D eigenvalue weighted by Crippen LogP contribution is 2.16. The lowest BCUT2D eigenvalue weighted by molar-refractivity contribution is 0.0624. The topological polar surface area (TPSA) is 40.6 Å². The van der Waals surface area contributed by atoms with Gasteiger partial charge in [-0.25, -0.2) is 0 Å². The summed E-state index contributed by atoms with van der Waals surface area (Å²) in [4.78, 5) is 29.0. The van der Waals surface area contributed by atoms with Gasteiger partial charge in [0.15, 0.2) is 5.78 Å². The lowest BCUT2D eigenvalue weighted by Gasteiger charge is -2.34. The van der Waals surface area contributed by atoms with E-state index < -0.39 is 0 Å². The fraction of sp³-hybridized carbons (Fsp3) is 0.364. The minimum absolute atomic E-state index is 0.0781. The Kier molecular flexibility index (Phi) is 5.84. The maximum Gasteiger partial charge on any atom is 0.253 e. The highest BCUT2D eigenvalue weighted by molar-refractivity contribution is 5.97. The first-order valence-electron chi connectivity index (χ1n) is 9.24. The van der Waals surface area contributed by atoms with E-state index in [-0.39, 0.29) is 11.7 Å². The number of nitrogens with zero attached hydrogens (tertiary/aromatic N) is 2. The maximum absolute atomic E-state index is 12.7. The zero-order valence-corrected chi connectivity index (χ0v) is 15.5. The summed E-state index contributed by atoms with van der Waals surface area (Å²) < 4.78 is 0. The molecule has 4 heteroatoms. The largest absolute Gasteiger partial charge is 0.336 e. The molecular formula is C22H26N2O2. The smallest absolute Gasteiger partial charge is 0.253 e. The van der Waals surface area contributed by atoms with Crippen molar-refractivity contribution in [1.82, 2.24) is 9.80 Å². The van der Waals surface area contributed by atoms with Gasteiger partial charge in [-0.05, 0) is 23.6 Å². The van der Waals surface area contributed by atoms with Gasteiger partial charge in [0.25, 0.3) is 5.91 Å². The minimum atomic E-state index is 0.0781. The van der Waals surface area contributed by atoms with Crippen LogP contribution in [0.2, 0.25) is 0 Å². The molecule has 0 saturated carbocycles. The van der Waals surface area contributed by atoms with E-state index in [0.29, 0.717) is 25.6 Å². The van der Waals surface area contributed by atoms with Crippen molar-refractivity contribution in [2.24, 2.45) is 0 Å². The summed E-state index contributed by atoms with van der Waals surface area (Å²) in [7, 11) is 0. The first-order chi connectivity index (χ1) is 12.5. The molecule has 0 aliphatic carbocycles. The van der Waals surface area contributed by atoms with Crippen LogP contribution in [0.15, 0.2) is 54.6 Å². The van der Waals surface area contributed by atoms with Gasteiger partial charge in [-0.1, -0.05) is 56.3 Å². The Morgan fingerprint density at radius 1 is 0.846 bits per heavy atom. The number of carbonyl (C=O) groups is 2. The van der Waals surface area contributed by atoms with Crippen LogP contribution in [0.1, 0.15) is 46.0 Å². The second kappa shape index (κ2) is 8.28. The molecule has 0 unspecified atom stereocenters. The van der Waals surface area contributed by atoms with Crippen LogP contribution >= 0.6 is 0 Å². The monoisotopic (exact) mass is 350 g/mol. The van der Waals surface area contributed by atoms with E-state index in [1.807, 2.05) is 59.5 Å². The van der Waals surface area contributed by atoms with Gasteiger partial charge in [-0.2, -0.15) is 0 Å². The van der Waals surface area contributed by atoms with Crippen LogP contribution in [0.25, 0.3) is 0 Å². The van der Waals surface area contributed by atoms with Crippen LogP contribution in [-0.4, -0.2) is 54.2 Å². The van der Waals surface area contributed by atoms with Crippen molar-refractivity contribution >= 4 is 11.7 Å². The number of rotatable bonds is 5. The third-order valence-electron chi connectivity index (χ3n) is 4.95. The lowest BCUT2D eigenvalue weighted by atomic mass is 10.0. The van der Waals surface area contributed by atoms with Crippen molar-refractivity contribution in [3.63, 3.8) is 0 Å². The Labute approximate surface area is 155 Å². The van der Waals surface area contributed by atoms with E-state index in [9.17, 15) is 9.59 Å². The Hall–Kier alpha value is -2.46. The van der Waals surface area contributed by atoms with E-state index in [1.165, 1.54) is 5.56 Å². The first-order valence-corrected chi connectivity index (χ1v) is 9.24. The number of Topliss-reactive ketones (excluding diaryl/α,β-unsaturated/α-hetero) is 1. The molecule has 1 aliphatic rings. The highest BCUT2D eigenvalue weighted by Gasteiger charge is 2.23. The van der Waals surface area contributed by atoms with Gasteiger partial charge >= 0.3 is 0 Å². The second-order valence-electron chi connectivity index (χ2n) is 7.13. The van der Waals surface area contributed by atoms with E-state index in [2.05, 4.69) is 18.7 Å². The normalized spacial score (nSPS) is 15.3. The van der Waals surface area contributed by atoms with Crippen molar-refractivity contribution < 1.29 is 9.59 Å². The molecule has 26 heavy (non-hydrogen) atoms. The highest BCUT2D eigenvalue weighted by atomic mass is 16.2. The summed E-state index contributed by atoms with van der Waals surface area (Å²) in [5.74, 6) is 0.675. The minimum Gasteiger partial charge on any atom is -0.336 e. The number of amides is 1. The molecule has 0 bridgehead atoms. The van der Waals surface area contributed by atoms with Crippen LogP contribution in [0.4, 0.5) is 0 Å². The maximum atomic E-state index is 12.7. The Morgan fingerprint density at radius 2 is 1.46 bits per heavy atom. The van der Waals surface area contributed by atoms with Crippen molar-refractivity contribution in [3.05, 3.63) is 71.3 Å². The number of hydrogen-bond acceptors (Lipinski definition) is 3. The van der Waals surface area contributed by atoms with E-state index in [1.54, 1.807) is 0 Å². The van der Waals surface area contributed by atoms with Crippen molar-refractivity contribution in [2.45, 2.75) is 19.8 Å². The molecule has 1 fully saturated rings. The summed E-state index contributed by atoms with van der Waals surface area (Å²) in [6, 6.07) is 17.3. The van der Waals surface area contributed by atoms with Gasteiger partial charge in [0.1, 0.15) is 0 Å². The van der Waals surface area contributed by atoms with Crippen LogP contribution in [0.3, 0.4) is 0 Å². The zero-order valence-electron chi connectivity index (χ0n) is 15.5. The standard InChI is InChI=1S/C22H26N2O2/c1-17(2)18-8-10-20(11-9-18)22(26)24-14-12-23(13-15-24)16-21(25)19-6-4-3-5-7-19/h3-11,17H,12-16H2,1-2H3. The molecule has 4 nitrogen and oxygen atoms in total. The number of hydrogen-bond donors (Lipinski definition) is 0. The van der Waals surface area contributed by atoms with Gasteiger partial charge in [-0.3, -0.25) is 14.5 Å². The average molecular weight is 350 g/mol. The SMILES string of the molecule is CC(C)c1ccc(C(=O)N2CCN(CC(=O)c3ccccc3)CC2)cc1. The van der Waals surface area contributed by atoms with Crippen molar-refractivity contribution in [2.75, 3.05) is 32.7 Å². The average Bonchev–Trinajstić information content (AvgIpc) is 2.69. The van der Waals surface area contributed by atoms with Crippen LogP contribution in [0.5, 0.6) is 0 Å². The summed E-state index contributed by atoms with van der Waals surface area (Å²) in [6.07, 6.45) is 0. The predicted molar refractivity (Wildman–Crippen MR) is 104 cm³/mol. The van der Waals surface area contributed by atoms with Gasteiger partial charge in [0.05, 0.1) is 6.54 Å². The fourth-order valence-electron chi connectivity index (χ4n) is 3.22. The Balaban J connectivity index is 1.53. The molecule has 1 saturated heterocycles. The van der Waals surface area contributed by atoms with Crippen LogP contribution < -0.4 is 0 Å². The molecule has 2 aromatic rings. The molecule has 2 aromatic carbocycles. The lowest BCUT2D eigenvalue weighted by Crippen LogP contribution is -2.49. The van der Waals surface area contributed by atoms with E-state index in [0.717, 1.165) is 24.2 Å². The van der Waals surface area contributed by atoms with Crippen LogP contribution in [0, 0.1) is 0 Å². The Bertz CT molecular complexity index is 745. The third kappa shape index (κ3) is 4.38. The number of piperazine rings is 1. The number of ketones is 1. The molecule has 1 heterocycles. The molecule has 0 radical (unpaired) electrons. The molecule has 3 rings (SSSR count). The molecule has 0 N–H and O–H groups in total. The quantitative estimate of drug-likeness (QED) is 0.776. The number of benzene rings is 2. The predicted octanol–water partition coefficient (Wildman–Crippen LogP) is 3.45. The molecule has 1 aliphatic heterocycles. The van der Waals surface area contributed by atoms with Crippen LogP contribution in [-0.2, 0) is 0 Å². The van der Waals surface area contributed by atoms with Crippen molar-refractivity contribution in [3.8, 4) is 0 Å². The van der Waals surface area contributed by atoms with E-state index >= 15 is 0 Å². The zero-order chi connectivity index (χ0) is 18.5. The summed E-state index contributed by atoms with van der Waals surface area (Å²) >= 11 is 0. The molecule has 0 aromatic heterocycles. The fourth-order valence-corrected chi connectivity index (χ4v) is 3.22. The van der Waals surface area contributed by atoms with Crippen molar-refractivity contribution in [1.29, 1.82) is 0 Å². The molecular weight excluding hydrogens is 324 g/mol. The van der Waals surface area contributed by atoms with Gasteiger partial charge in [0.2, 0.25) is 0 Å². The molecule has 0 atom stereocenters. The third-order valence-corrected chi connectivity index (χ3v) is 4.95. The Morgan fingerprint density at radius 3 is 2.04 bits per heavy atom. The molecule has 1 amide bonds. The van der Waals surface area contributed by atoms with Gasteiger partial charge in [-0.15, -0.1) is 0 Å².